The summed E-state index contributed by atoms with van der Waals surface area (Å²) >= 11 is 0. The van der Waals surface area contributed by atoms with Crippen LogP contribution in [0.5, 0.6) is 5.75 Å². The lowest BCUT2D eigenvalue weighted by atomic mass is 10.0. The van der Waals surface area contributed by atoms with Crippen molar-refractivity contribution in [3.05, 3.63) is 59.2 Å². The van der Waals surface area contributed by atoms with Gasteiger partial charge in [0.25, 0.3) is 5.91 Å². The minimum Gasteiger partial charge on any atom is -0.497 e. The van der Waals surface area contributed by atoms with Gasteiger partial charge < -0.3 is 15.4 Å². The quantitative estimate of drug-likeness (QED) is 0.861. The van der Waals surface area contributed by atoms with E-state index >= 15 is 0 Å². The fourth-order valence-electron chi connectivity index (χ4n) is 2.94. The zero-order chi connectivity index (χ0) is 16.2. The number of anilines is 1. The van der Waals surface area contributed by atoms with Crippen molar-refractivity contribution < 1.29 is 9.53 Å². The Bertz CT molecular complexity index is 701. The van der Waals surface area contributed by atoms with Crippen LogP contribution < -0.4 is 15.4 Å². The zero-order valence-corrected chi connectivity index (χ0v) is 14.8. The van der Waals surface area contributed by atoms with E-state index in [1.165, 1.54) is 5.56 Å². The van der Waals surface area contributed by atoms with Crippen LogP contribution in [0.1, 0.15) is 40.9 Å². The van der Waals surface area contributed by atoms with Gasteiger partial charge in [0.15, 0.2) is 0 Å². The molecule has 24 heavy (non-hydrogen) atoms. The van der Waals surface area contributed by atoms with E-state index in [-0.39, 0.29) is 24.4 Å². The normalized spacial score (nSPS) is 13.2. The van der Waals surface area contributed by atoms with Crippen LogP contribution >= 0.6 is 12.4 Å². The molecule has 0 spiro atoms. The highest BCUT2D eigenvalue weighted by atomic mass is 35.5. The third-order valence-corrected chi connectivity index (χ3v) is 4.31. The van der Waals surface area contributed by atoms with Gasteiger partial charge in [-0.15, -0.1) is 12.4 Å². The highest BCUT2D eigenvalue weighted by Crippen LogP contribution is 2.24. The molecule has 0 aliphatic carbocycles. The molecule has 1 amide bonds. The van der Waals surface area contributed by atoms with Crippen molar-refractivity contribution in [2.24, 2.45) is 0 Å². The molecule has 5 heteroatoms. The van der Waals surface area contributed by atoms with E-state index in [9.17, 15) is 4.79 Å². The molecule has 0 bridgehead atoms. The molecule has 0 radical (unpaired) electrons. The Morgan fingerprint density at radius 2 is 2.00 bits per heavy atom. The molecular weight excluding hydrogens is 324 g/mol. The maximum Gasteiger partial charge on any atom is 0.251 e. The molecule has 0 fully saturated rings. The predicted molar refractivity (Wildman–Crippen MR) is 99.4 cm³/mol. The van der Waals surface area contributed by atoms with Gasteiger partial charge in [0.2, 0.25) is 0 Å². The first-order valence-electron chi connectivity index (χ1n) is 8.03. The summed E-state index contributed by atoms with van der Waals surface area (Å²) in [6.45, 7) is 3.02. The largest absolute Gasteiger partial charge is 0.497 e. The summed E-state index contributed by atoms with van der Waals surface area (Å²) in [4.78, 5) is 12.6. The van der Waals surface area contributed by atoms with Crippen molar-refractivity contribution in [3.63, 3.8) is 0 Å². The lowest BCUT2D eigenvalue weighted by Gasteiger charge is -2.18. The van der Waals surface area contributed by atoms with Crippen LogP contribution in [0, 0.1) is 0 Å². The van der Waals surface area contributed by atoms with Crippen LogP contribution in [0.3, 0.4) is 0 Å². The number of ether oxygens (including phenoxy) is 1. The number of fused-ring (bicyclic) bond motifs is 1. The Hall–Kier alpha value is -2.20. The summed E-state index contributed by atoms with van der Waals surface area (Å²) in [5.74, 6) is 0.795. The Labute approximate surface area is 149 Å². The molecule has 128 valence electrons. The Balaban J connectivity index is 0.00000208. The average Bonchev–Trinajstić information content (AvgIpc) is 3.07. The van der Waals surface area contributed by atoms with E-state index in [0.29, 0.717) is 0 Å². The smallest absolute Gasteiger partial charge is 0.251 e. The zero-order valence-electron chi connectivity index (χ0n) is 14.0. The topological polar surface area (TPSA) is 50.4 Å². The Kier molecular flexibility index (Phi) is 6.10. The molecule has 1 unspecified atom stereocenters. The fraction of sp³-hybridized carbons (Fsp3) is 0.316. The minimum absolute atomic E-state index is 0. The summed E-state index contributed by atoms with van der Waals surface area (Å²) in [5, 5.41) is 6.44. The monoisotopic (exact) mass is 346 g/mol. The molecule has 3 rings (SSSR count). The van der Waals surface area contributed by atoms with Crippen molar-refractivity contribution in [1.82, 2.24) is 5.32 Å². The van der Waals surface area contributed by atoms with Crippen LogP contribution in [0.2, 0.25) is 0 Å². The maximum atomic E-state index is 12.6. The van der Waals surface area contributed by atoms with Gasteiger partial charge in [-0.05, 0) is 54.3 Å². The Morgan fingerprint density at radius 3 is 2.67 bits per heavy atom. The summed E-state index contributed by atoms with van der Waals surface area (Å²) in [6.07, 6.45) is 1.82. The third-order valence-electron chi connectivity index (χ3n) is 4.31. The van der Waals surface area contributed by atoms with Crippen LogP contribution in [0.25, 0.3) is 0 Å². The van der Waals surface area contributed by atoms with Gasteiger partial charge in [-0.2, -0.15) is 0 Å². The molecule has 0 aromatic heterocycles. The number of halogens is 1. The summed E-state index contributed by atoms with van der Waals surface area (Å²) in [7, 11) is 1.65. The summed E-state index contributed by atoms with van der Waals surface area (Å²) in [6, 6.07) is 13.7. The standard InChI is InChI=1S/C19H22N2O2.ClH/c1-3-17(13-4-7-16(23-2)8-5-13)21-19(22)15-6-9-18-14(12-15)10-11-20-18;/h4-9,12,17,20H,3,10-11H2,1-2H3,(H,21,22);1H. The first-order chi connectivity index (χ1) is 11.2. The van der Waals surface area contributed by atoms with Gasteiger partial charge in [0.1, 0.15) is 5.75 Å². The van der Waals surface area contributed by atoms with Gasteiger partial charge >= 0.3 is 0 Å². The van der Waals surface area contributed by atoms with Gasteiger partial charge in [-0.3, -0.25) is 4.79 Å². The lowest BCUT2D eigenvalue weighted by Crippen LogP contribution is -2.28. The molecule has 1 heterocycles. The molecule has 2 aromatic rings. The van der Waals surface area contributed by atoms with E-state index in [2.05, 4.69) is 17.6 Å². The molecular formula is C19H23ClN2O2. The molecule has 1 aliphatic rings. The number of carbonyl (C=O) groups is 1. The van der Waals surface area contributed by atoms with Crippen molar-refractivity contribution in [1.29, 1.82) is 0 Å². The van der Waals surface area contributed by atoms with E-state index in [4.69, 9.17) is 4.74 Å². The molecule has 2 aromatic carbocycles. The second-order valence-electron chi connectivity index (χ2n) is 5.76. The van der Waals surface area contributed by atoms with Crippen LogP contribution in [-0.4, -0.2) is 19.6 Å². The predicted octanol–water partition coefficient (Wildman–Crippen LogP) is 3.97. The number of hydrogen-bond donors (Lipinski definition) is 2. The van der Waals surface area contributed by atoms with E-state index < -0.39 is 0 Å². The molecule has 2 N–H and O–H groups in total. The van der Waals surface area contributed by atoms with Crippen LogP contribution in [0.4, 0.5) is 5.69 Å². The third kappa shape index (κ3) is 3.82. The lowest BCUT2D eigenvalue weighted by molar-refractivity contribution is 0.0935. The van der Waals surface area contributed by atoms with Crippen molar-refractivity contribution in [2.45, 2.75) is 25.8 Å². The number of hydrogen-bond acceptors (Lipinski definition) is 3. The van der Waals surface area contributed by atoms with E-state index in [0.717, 1.165) is 42.0 Å². The van der Waals surface area contributed by atoms with Gasteiger partial charge in [-0.25, -0.2) is 0 Å². The van der Waals surface area contributed by atoms with Gasteiger partial charge in [-0.1, -0.05) is 19.1 Å². The van der Waals surface area contributed by atoms with Gasteiger partial charge in [0, 0.05) is 17.8 Å². The summed E-state index contributed by atoms with van der Waals surface area (Å²) in [5.41, 5.74) is 4.17. The number of amides is 1. The fourth-order valence-corrected chi connectivity index (χ4v) is 2.94. The highest BCUT2D eigenvalue weighted by Gasteiger charge is 2.17. The number of benzene rings is 2. The van der Waals surface area contributed by atoms with Crippen molar-refractivity contribution in [3.8, 4) is 5.75 Å². The van der Waals surface area contributed by atoms with Crippen LogP contribution in [0.15, 0.2) is 42.5 Å². The van der Waals surface area contributed by atoms with Gasteiger partial charge in [0.05, 0.1) is 13.2 Å². The number of rotatable bonds is 5. The average molecular weight is 347 g/mol. The van der Waals surface area contributed by atoms with E-state index in [1.54, 1.807) is 7.11 Å². The number of carbonyl (C=O) groups excluding carboxylic acids is 1. The van der Waals surface area contributed by atoms with Crippen LogP contribution in [-0.2, 0) is 6.42 Å². The first-order valence-corrected chi connectivity index (χ1v) is 8.03. The second-order valence-corrected chi connectivity index (χ2v) is 5.76. The number of nitrogens with one attached hydrogen (secondary N) is 2. The first kappa shape index (κ1) is 18.1. The Morgan fingerprint density at radius 1 is 1.25 bits per heavy atom. The minimum atomic E-state index is -0.0256. The SMILES string of the molecule is CCC(NC(=O)c1ccc2c(c1)CCN2)c1ccc(OC)cc1.Cl. The highest BCUT2D eigenvalue weighted by molar-refractivity contribution is 5.95. The second kappa shape index (κ2) is 8.06. The van der Waals surface area contributed by atoms with Crippen molar-refractivity contribution in [2.75, 3.05) is 19.0 Å². The van der Waals surface area contributed by atoms with E-state index in [1.807, 2.05) is 42.5 Å². The molecule has 4 nitrogen and oxygen atoms in total. The molecule has 0 saturated carbocycles. The maximum absolute atomic E-state index is 12.6. The number of methoxy groups -OCH3 is 1. The summed E-state index contributed by atoms with van der Waals surface area (Å²) < 4.78 is 5.18. The molecule has 1 atom stereocenters. The molecule has 1 aliphatic heterocycles. The molecule has 0 saturated heterocycles. The van der Waals surface area contributed by atoms with Crippen molar-refractivity contribution >= 4 is 24.0 Å².